The molecule has 1 unspecified atom stereocenters. The largest absolute Gasteiger partial charge is 0.505 e. The predicted molar refractivity (Wildman–Crippen MR) is 139 cm³/mol. The SMILES string of the molecule is O=C(Nc1ccc2cc(S(=O)(=O)O)c(N=Nc3cc([N+](=O)[O-])cc(S(=O)(=O)O)c3O)c(O)c2c1)C(Br)CBr. The normalized spacial score (nSPS) is 13.1. The Balaban J connectivity index is 2.25. The van der Waals surface area contributed by atoms with Gasteiger partial charge in [0.25, 0.3) is 25.9 Å². The van der Waals surface area contributed by atoms with Gasteiger partial charge in [0.15, 0.2) is 11.5 Å². The second kappa shape index (κ2) is 10.9. The summed E-state index contributed by atoms with van der Waals surface area (Å²) < 4.78 is 66.0. The molecule has 5 N–H and O–H groups in total. The Morgan fingerprint density at radius 1 is 1.00 bits per heavy atom. The van der Waals surface area contributed by atoms with Crippen LogP contribution < -0.4 is 5.32 Å². The third-order valence-corrected chi connectivity index (χ3v) is 8.79. The molecule has 0 aromatic heterocycles. The van der Waals surface area contributed by atoms with Crippen molar-refractivity contribution >= 4 is 91.5 Å². The molecule has 0 aliphatic heterocycles. The lowest BCUT2D eigenvalue weighted by atomic mass is 10.1. The zero-order chi connectivity index (χ0) is 28.6. The van der Waals surface area contributed by atoms with Crippen LogP contribution in [0.1, 0.15) is 0 Å². The molecule has 15 nitrogen and oxygen atoms in total. The number of benzene rings is 3. The number of rotatable bonds is 8. The molecule has 0 bridgehead atoms. The first-order valence-corrected chi connectivity index (χ1v) is 14.6. The van der Waals surface area contributed by atoms with Crippen molar-refractivity contribution in [3.05, 3.63) is 46.5 Å². The van der Waals surface area contributed by atoms with Gasteiger partial charge in [-0.3, -0.25) is 24.0 Å². The molecule has 202 valence electrons. The van der Waals surface area contributed by atoms with E-state index in [2.05, 4.69) is 47.4 Å². The molecule has 0 spiro atoms. The number of amides is 1. The van der Waals surface area contributed by atoms with Gasteiger partial charge in [0.2, 0.25) is 5.91 Å². The number of alkyl halides is 2. The quantitative estimate of drug-likeness (QED) is 0.0735. The fraction of sp³-hybridized carbons (Fsp3) is 0.105. The molecule has 3 rings (SSSR count). The highest BCUT2D eigenvalue weighted by Crippen LogP contribution is 2.44. The van der Waals surface area contributed by atoms with Crippen LogP contribution in [0, 0.1) is 10.1 Å². The van der Waals surface area contributed by atoms with E-state index in [0.717, 1.165) is 6.07 Å². The van der Waals surface area contributed by atoms with Crippen LogP contribution in [0.5, 0.6) is 11.5 Å². The number of hydrogen-bond donors (Lipinski definition) is 5. The summed E-state index contributed by atoms with van der Waals surface area (Å²) >= 11 is 6.27. The number of nitro groups is 1. The van der Waals surface area contributed by atoms with Crippen LogP contribution in [0.2, 0.25) is 0 Å². The molecule has 0 aliphatic carbocycles. The van der Waals surface area contributed by atoms with Gasteiger partial charge in [0, 0.05) is 28.5 Å². The van der Waals surface area contributed by atoms with Crippen LogP contribution in [-0.4, -0.2) is 57.1 Å². The maximum absolute atomic E-state index is 12.2. The summed E-state index contributed by atoms with van der Waals surface area (Å²) in [6, 6.07) is 5.79. The van der Waals surface area contributed by atoms with Crippen molar-refractivity contribution < 1.29 is 45.9 Å². The minimum atomic E-state index is -5.17. The highest BCUT2D eigenvalue weighted by molar-refractivity contribution is 9.12. The number of nitro benzene ring substituents is 1. The zero-order valence-electron chi connectivity index (χ0n) is 18.3. The van der Waals surface area contributed by atoms with Crippen LogP contribution in [0.15, 0.2) is 56.4 Å². The Morgan fingerprint density at radius 3 is 2.18 bits per heavy atom. The van der Waals surface area contributed by atoms with Gasteiger partial charge in [-0.25, -0.2) is 0 Å². The Morgan fingerprint density at radius 2 is 1.63 bits per heavy atom. The van der Waals surface area contributed by atoms with Crippen molar-refractivity contribution in [3.63, 3.8) is 0 Å². The van der Waals surface area contributed by atoms with Crippen LogP contribution in [0.3, 0.4) is 0 Å². The molecule has 0 radical (unpaired) electrons. The van der Waals surface area contributed by atoms with Gasteiger partial charge in [0.1, 0.15) is 26.0 Å². The summed E-state index contributed by atoms with van der Waals surface area (Å²) in [5.41, 5.74) is -2.54. The third-order valence-electron chi connectivity index (χ3n) is 4.80. The number of hydrogen-bond acceptors (Lipinski definition) is 11. The summed E-state index contributed by atoms with van der Waals surface area (Å²) in [5.74, 6) is -2.59. The van der Waals surface area contributed by atoms with Gasteiger partial charge in [-0.1, -0.05) is 37.9 Å². The topological polar surface area (TPSA) is 246 Å². The van der Waals surface area contributed by atoms with Gasteiger partial charge >= 0.3 is 0 Å². The van der Waals surface area contributed by atoms with E-state index in [1.54, 1.807) is 0 Å². The summed E-state index contributed by atoms with van der Waals surface area (Å²) in [6.07, 6.45) is 0. The van der Waals surface area contributed by atoms with Gasteiger partial charge < -0.3 is 15.5 Å². The van der Waals surface area contributed by atoms with Crippen LogP contribution in [0.25, 0.3) is 10.8 Å². The Labute approximate surface area is 230 Å². The van der Waals surface area contributed by atoms with E-state index in [1.165, 1.54) is 18.2 Å². The molecule has 38 heavy (non-hydrogen) atoms. The number of non-ortho nitro benzene ring substituents is 1. The number of anilines is 1. The number of halogens is 2. The van der Waals surface area contributed by atoms with E-state index in [4.69, 9.17) is 0 Å². The fourth-order valence-electron chi connectivity index (χ4n) is 3.06. The molecule has 0 fully saturated rings. The monoisotopic (exact) mass is 696 g/mol. The lowest BCUT2D eigenvalue weighted by Gasteiger charge is -2.12. The molecule has 0 saturated heterocycles. The number of nitrogens with zero attached hydrogens (tertiary/aromatic N) is 3. The third kappa shape index (κ3) is 6.25. The van der Waals surface area contributed by atoms with E-state index < -0.39 is 74.2 Å². The molecule has 3 aromatic carbocycles. The van der Waals surface area contributed by atoms with Crippen molar-refractivity contribution in [2.24, 2.45) is 10.2 Å². The number of carbonyl (C=O) groups excluding carboxylic acids is 1. The summed E-state index contributed by atoms with van der Waals surface area (Å²) in [5, 5.41) is 41.9. The van der Waals surface area contributed by atoms with Crippen molar-refractivity contribution in [1.82, 2.24) is 0 Å². The number of azo groups is 1. The summed E-state index contributed by atoms with van der Waals surface area (Å²) in [7, 11) is -10.2. The summed E-state index contributed by atoms with van der Waals surface area (Å²) in [6.45, 7) is 0. The molecule has 19 heteroatoms. The first kappa shape index (κ1) is 29.3. The maximum atomic E-state index is 12.2. The lowest BCUT2D eigenvalue weighted by molar-refractivity contribution is -0.385. The fourth-order valence-corrected chi connectivity index (χ4v) is 4.75. The number of phenolic OH excluding ortho intramolecular Hbond substituents is 2. The first-order valence-electron chi connectivity index (χ1n) is 9.73. The second-order valence-electron chi connectivity index (χ2n) is 7.34. The van der Waals surface area contributed by atoms with Gasteiger partial charge in [-0.15, -0.1) is 10.2 Å². The average molecular weight is 698 g/mol. The van der Waals surface area contributed by atoms with Crippen LogP contribution >= 0.6 is 31.9 Å². The molecular weight excluding hydrogens is 684 g/mol. The second-order valence-corrected chi connectivity index (χ2v) is 11.9. The standard InChI is InChI=1S/C19H14Br2N4O11S2/c20-7-12(21)19(28)22-9-2-1-8-3-14(37(31,32)33)16(17(26)11(8)4-9)24-23-13-5-10(25(29)30)6-15(18(13)27)38(34,35)36/h1-6,12,26-27H,7H2,(H,22,28)(H,31,32,33)(H,34,35,36). The Hall–Kier alpha value is -3.23. The molecule has 1 amide bonds. The molecule has 1 atom stereocenters. The van der Waals surface area contributed by atoms with Gasteiger partial charge in [-0.05, 0) is 23.6 Å². The smallest absolute Gasteiger partial charge is 0.298 e. The number of carbonyl (C=O) groups is 1. The van der Waals surface area contributed by atoms with Gasteiger partial charge in [0.05, 0.1) is 4.92 Å². The number of fused-ring (bicyclic) bond motifs is 1. The van der Waals surface area contributed by atoms with E-state index in [1.807, 2.05) is 0 Å². The molecule has 0 aliphatic rings. The Kier molecular flexibility index (Phi) is 8.39. The van der Waals surface area contributed by atoms with E-state index in [9.17, 15) is 51.1 Å². The molecule has 0 saturated carbocycles. The highest BCUT2D eigenvalue weighted by atomic mass is 79.9. The van der Waals surface area contributed by atoms with Gasteiger partial charge in [-0.2, -0.15) is 16.8 Å². The zero-order valence-corrected chi connectivity index (χ0v) is 23.1. The van der Waals surface area contributed by atoms with E-state index in [0.29, 0.717) is 12.1 Å². The molecule has 0 heterocycles. The van der Waals surface area contributed by atoms with E-state index in [-0.39, 0.29) is 21.8 Å². The average Bonchev–Trinajstić information content (AvgIpc) is 2.82. The molecular formula is C19H14Br2N4O11S2. The van der Waals surface area contributed by atoms with Crippen LogP contribution in [-0.2, 0) is 25.0 Å². The van der Waals surface area contributed by atoms with Crippen molar-refractivity contribution in [3.8, 4) is 11.5 Å². The van der Waals surface area contributed by atoms with Crippen molar-refractivity contribution in [1.29, 1.82) is 0 Å². The molecule has 3 aromatic rings. The number of phenols is 2. The first-order chi connectivity index (χ1) is 17.5. The van der Waals surface area contributed by atoms with E-state index >= 15 is 0 Å². The predicted octanol–water partition coefficient (Wildman–Crippen LogP) is 4.16. The maximum Gasteiger partial charge on any atom is 0.298 e. The number of nitrogens with one attached hydrogen (secondary N) is 1. The van der Waals surface area contributed by atoms with Crippen molar-refractivity contribution in [2.45, 2.75) is 14.6 Å². The highest BCUT2D eigenvalue weighted by Gasteiger charge is 2.26. The van der Waals surface area contributed by atoms with Crippen molar-refractivity contribution in [2.75, 3.05) is 10.6 Å². The minimum absolute atomic E-state index is 0.0731. The minimum Gasteiger partial charge on any atom is -0.505 e. The summed E-state index contributed by atoms with van der Waals surface area (Å²) in [4.78, 5) is 19.4. The number of aromatic hydroxyl groups is 2. The van der Waals surface area contributed by atoms with Crippen LogP contribution in [0.4, 0.5) is 22.7 Å². The Bertz CT molecular complexity index is 1730. The lowest BCUT2D eigenvalue weighted by Crippen LogP contribution is -2.23.